The minimum Gasteiger partial charge on any atom is -0.354 e. The number of benzene rings is 3. The topological polar surface area (TPSA) is 86.8 Å². The van der Waals surface area contributed by atoms with Gasteiger partial charge in [-0.3, -0.25) is 13.9 Å². The summed E-state index contributed by atoms with van der Waals surface area (Å²) in [4.78, 5) is 29.0. The maximum absolute atomic E-state index is 13.9. The van der Waals surface area contributed by atoms with Crippen molar-refractivity contribution in [1.29, 1.82) is 0 Å². The minimum absolute atomic E-state index is 0.107. The standard InChI is InChI=1S/C32H41N3O4S/c1-5-21-33-32(37)30(23-27-16-7-6-8-17-27)34(24-28-18-11-9-14-25(28)2)31(36)20-13-22-35(40(4,38)39)29-19-12-10-15-26(29)3/h6-12,14-19,30H,5,13,20-24H2,1-4H3,(H,33,37). The Morgan fingerprint density at radius 1 is 0.875 bits per heavy atom. The van der Waals surface area contributed by atoms with Gasteiger partial charge in [-0.1, -0.05) is 79.7 Å². The summed E-state index contributed by atoms with van der Waals surface area (Å²) in [6.45, 7) is 6.83. The maximum Gasteiger partial charge on any atom is 0.243 e. The smallest absolute Gasteiger partial charge is 0.243 e. The van der Waals surface area contributed by atoms with Crippen molar-refractivity contribution in [1.82, 2.24) is 10.2 Å². The fourth-order valence-electron chi connectivity index (χ4n) is 4.72. The number of hydrogen-bond acceptors (Lipinski definition) is 4. The van der Waals surface area contributed by atoms with E-state index in [1.54, 1.807) is 17.0 Å². The Balaban J connectivity index is 1.89. The van der Waals surface area contributed by atoms with Gasteiger partial charge in [-0.05, 0) is 55.0 Å². The molecule has 1 N–H and O–H groups in total. The van der Waals surface area contributed by atoms with Gasteiger partial charge in [0, 0.05) is 32.5 Å². The van der Waals surface area contributed by atoms with Crippen molar-refractivity contribution >= 4 is 27.5 Å². The van der Waals surface area contributed by atoms with Crippen molar-refractivity contribution in [2.24, 2.45) is 0 Å². The predicted octanol–water partition coefficient (Wildman–Crippen LogP) is 5.02. The van der Waals surface area contributed by atoms with E-state index >= 15 is 0 Å². The van der Waals surface area contributed by atoms with E-state index in [0.717, 1.165) is 28.7 Å². The molecule has 214 valence electrons. The average molecular weight is 564 g/mol. The van der Waals surface area contributed by atoms with Crippen LogP contribution >= 0.6 is 0 Å². The zero-order valence-electron chi connectivity index (χ0n) is 24.0. The molecule has 0 radical (unpaired) electrons. The van der Waals surface area contributed by atoms with E-state index in [1.807, 2.05) is 87.5 Å². The number of aryl methyl sites for hydroxylation is 2. The molecule has 0 saturated heterocycles. The van der Waals surface area contributed by atoms with Crippen LogP contribution in [0.1, 0.15) is 48.4 Å². The lowest BCUT2D eigenvalue weighted by Gasteiger charge is -2.32. The molecule has 3 aromatic carbocycles. The highest BCUT2D eigenvalue weighted by molar-refractivity contribution is 7.92. The van der Waals surface area contributed by atoms with Gasteiger partial charge < -0.3 is 10.2 Å². The van der Waals surface area contributed by atoms with Gasteiger partial charge >= 0.3 is 0 Å². The third-order valence-corrected chi connectivity index (χ3v) is 8.14. The van der Waals surface area contributed by atoms with Crippen molar-refractivity contribution in [3.8, 4) is 0 Å². The van der Waals surface area contributed by atoms with Crippen LogP contribution in [-0.2, 0) is 32.6 Å². The normalized spacial score (nSPS) is 12.0. The first kappa shape index (κ1) is 30.9. The van der Waals surface area contributed by atoms with Crippen LogP contribution in [0.15, 0.2) is 78.9 Å². The number of hydrogen-bond donors (Lipinski definition) is 1. The van der Waals surface area contributed by atoms with Crippen LogP contribution in [0.25, 0.3) is 0 Å². The van der Waals surface area contributed by atoms with Crippen LogP contribution in [0.3, 0.4) is 0 Å². The summed E-state index contributed by atoms with van der Waals surface area (Å²) >= 11 is 0. The number of nitrogens with one attached hydrogen (secondary N) is 1. The van der Waals surface area contributed by atoms with E-state index < -0.39 is 16.1 Å². The highest BCUT2D eigenvalue weighted by Gasteiger charge is 2.30. The van der Waals surface area contributed by atoms with E-state index in [1.165, 1.54) is 10.6 Å². The number of rotatable bonds is 14. The van der Waals surface area contributed by atoms with Gasteiger partial charge in [0.15, 0.2) is 0 Å². The molecule has 40 heavy (non-hydrogen) atoms. The monoisotopic (exact) mass is 563 g/mol. The van der Waals surface area contributed by atoms with Gasteiger partial charge in [0.05, 0.1) is 11.9 Å². The van der Waals surface area contributed by atoms with Gasteiger partial charge in [-0.15, -0.1) is 0 Å². The lowest BCUT2D eigenvalue weighted by atomic mass is 10.0. The molecule has 0 aliphatic rings. The number of carbonyl (C=O) groups excluding carboxylic acids is 2. The molecule has 3 rings (SSSR count). The first-order valence-corrected chi connectivity index (χ1v) is 15.7. The van der Waals surface area contributed by atoms with Crippen molar-refractivity contribution in [2.45, 2.75) is 59.0 Å². The average Bonchev–Trinajstić information content (AvgIpc) is 2.93. The quantitative estimate of drug-likeness (QED) is 0.299. The summed E-state index contributed by atoms with van der Waals surface area (Å²) in [5, 5.41) is 2.99. The molecule has 2 amide bonds. The molecule has 0 aliphatic heterocycles. The SMILES string of the molecule is CCCNC(=O)C(Cc1ccccc1)N(Cc1ccccc1C)C(=O)CCCN(c1ccccc1C)S(C)(=O)=O. The zero-order chi connectivity index (χ0) is 29.1. The Hall–Kier alpha value is -3.65. The summed E-state index contributed by atoms with van der Waals surface area (Å²) in [6, 6.07) is 24.2. The Kier molecular flexibility index (Phi) is 11.3. The summed E-state index contributed by atoms with van der Waals surface area (Å²) in [6.07, 6.45) is 2.78. The second-order valence-corrected chi connectivity index (χ2v) is 12.1. The fourth-order valence-corrected chi connectivity index (χ4v) is 5.74. The highest BCUT2D eigenvalue weighted by Crippen LogP contribution is 2.23. The van der Waals surface area contributed by atoms with Gasteiger partial charge in [0.25, 0.3) is 0 Å². The molecule has 0 spiro atoms. The summed E-state index contributed by atoms with van der Waals surface area (Å²) < 4.78 is 26.7. The Morgan fingerprint density at radius 3 is 2.12 bits per heavy atom. The Bertz CT molecular complexity index is 1380. The summed E-state index contributed by atoms with van der Waals surface area (Å²) in [5.74, 6) is -0.376. The molecule has 1 unspecified atom stereocenters. The molecule has 7 nitrogen and oxygen atoms in total. The molecule has 3 aromatic rings. The molecule has 0 fully saturated rings. The number of amides is 2. The molecule has 0 bridgehead atoms. The van der Waals surface area contributed by atoms with Crippen LogP contribution in [0.2, 0.25) is 0 Å². The lowest BCUT2D eigenvalue weighted by Crippen LogP contribution is -2.50. The predicted molar refractivity (Wildman–Crippen MR) is 162 cm³/mol. The molecule has 0 aliphatic carbocycles. The van der Waals surface area contributed by atoms with Crippen molar-refractivity contribution in [3.05, 3.63) is 101 Å². The summed E-state index contributed by atoms with van der Waals surface area (Å²) in [5.41, 5.74) is 4.42. The highest BCUT2D eigenvalue weighted by atomic mass is 32.2. The summed E-state index contributed by atoms with van der Waals surface area (Å²) in [7, 11) is -3.55. The molecule has 1 atom stereocenters. The van der Waals surface area contributed by atoms with Crippen molar-refractivity contribution in [2.75, 3.05) is 23.7 Å². The Labute approximate surface area is 239 Å². The van der Waals surface area contributed by atoms with E-state index in [0.29, 0.717) is 25.1 Å². The van der Waals surface area contributed by atoms with Crippen molar-refractivity contribution < 1.29 is 18.0 Å². The second-order valence-electron chi connectivity index (χ2n) is 10.2. The largest absolute Gasteiger partial charge is 0.354 e. The lowest BCUT2D eigenvalue weighted by molar-refractivity contribution is -0.141. The van der Waals surface area contributed by atoms with E-state index in [2.05, 4.69) is 5.32 Å². The van der Waals surface area contributed by atoms with Crippen molar-refractivity contribution in [3.63, 3.8) is 0 Å². The molecular formula is C32H41N3O4S. The number of anilines is 1. The molecule has 8 heteroatoms. The van der Waals surface area contributed by atoms with Gasteiger partial charge in [-0.25, -0.2) is 8.42 Å². The van der Waals surface area contributed by atoms with Crippen LogP contribution in [0, 0.1) is 13.8 Å². The molecular weight excluding hydrogens is 522 g/mol. The fraction of sp³-hybridized carbons (Fsp3) is 0.375. The Morgan fingerprint density at radius 2 is 1.50 bits per heavy atom. The van der Waals surface area contributed by atoms with Crippen LogP contribution in [0.4, 0.5) is 5.69 Å². The van der Waals surface area contributed by atoms with E-state index in [-0.39, 0.29) is 31.3 Å². The first-order valence-electron chi connectivity index (χ1n) is 13.8. The third kappa shape index (κ3) is 8.68. The van der Waals surface area contributed by atoms with E-state index in [9.17, 15) is 18.0 Å². The number of sulfonamides is 1. The first-order chi connectivity index (χ1) is 19.1. The number of para-hydroxylation sites is 1. The molecule has 0 heterocycles. The minimum atomic E-state index is -3.55. The second kappa shape index (κ2) is 14.7. The zero-order valence-corrected chi connectivity index (χ0v) is 24.8. The van der Waals surface area contributed by atoms with Gasteiger partial charge in [0.2, 0.25) is 21.8 Å². The maximum atomic E-state index is 13.9. The number of carbonyl (C=O) groups is 2. The molecule has 0 aromatic heterocycles. The molecule has 0 saturated carbocycles. The van der Waals surface area contributed by atoms with E-state index in [4.69, 9.17) is 0 Å². The number of nitrogens with zero attached hydrogens (tertiary/aromatic N) is 2. The van der Waals surface area contributed by atoms with Gasteiger partial charge in [0.1, 0.15) is 6.04 Å². The van der Waals surface area contributed by atoms with Crippen LogP contribution in [-0.4, -0.2) is 50.5 Å². The van der Waals surface area contributed by atoms with Crippen LogP contribution in [0.5, 0.6) is 0 Å². The third-order valence-electron chi connectivity index (χ3n) is 6.96. The van der Waals surface area contributed by atoms with Crippen LogP contribution < -0.4 is 9.62 Å². The van der Waals surface area contributed by atoms with Gasteiger partial charge in [-0.2, -0.15) is 0 Å².